The molecule has 5 heteroatoms. The van der Waals surface area contributed by atoms with Gasteiger partial charge in [-0.1, -0.05) is 22.9 Å². The first kappa shape index (κ1) is 11.6. The molecule has 86 valence electrons. The minimum Gasteiger partial charge on any atom is -0.361 e. The Bertz CT molecular complexity index is 495. The molecule has 0 radical (unpaired) electrons. The van der Waals surface area contributed by atoms with Crippen molar-refractivity contribution in [3.8, 4) is 0 Å². The van der Waals surface area contributed by atoms with E-state index >= 15 is 0 Å². The lowest BCUT2D eigenvalue weighted by Gasteiger charge is -1.98. The molecule has 0 spiro atoms. The smallest absolute Gasteiger partial charge is 0.183 e. The molecule has 16 heavy (non-hydrogen) atoms. The number of halogens is 1. The Hall–Kier alpha value is -0.840. The van der Waals surface area contributed by atoms with Gasteiger partial charge in [-0.05, 0) is 37.6 Å². The highest BCUT2D eigenvalue weighted by molar-refractivity contribution is 7.22. The molecule has 0 fully saturated rings. The van der Waals surface area contributed by atoms with Gasteiger partial charge in [0, 0.05) is 11.6 Å². The van der Waals surface area contributed by atoms with E-state index < -0.39 is 0 Å². The second-order valence-electron chi connectivity index (χ2n) is 3.61. The Balaban J connectivity index is 2.26. The fourth-order valence-electron chi connectivity index (χ4n) is 1.47. The van der Waals surface area contributed by atoms with Crippen LogP contribution in [0.1, 0.15) is 12.0 Å². The number of thiazole rings is 1. The third kappa shape index (κ3) is 2.29. The summed E-state index contributed by atoms with van der Waals surface area (Å²) in [5.74, 6) is 0. The van der Waals surface area contributed by atoms with E-state index in [1.807, 2.05) is 19.1 Å². The lowest BCUT2D eigenvalue weighted by atomic mass is 10.2. The number of hydrogen-bond acceptors (Lipinski definition) is 4. The van der Waals surface area contributed by atoms with Gasteiger partial charge in [0.2, 0.25) is 0 Å². The average Bonchev–Trinajstić information content (AvgIpc) is 2.68. The molecule has 0 aliphatic heterocycles. The van der Waals surface area contributed by atoms with Crippen LogP contribution in [-0.4, -0.2) is 18.1 Å². The molecule has 0 atom stereocenters. The van der Waals surface area contributed by atoms with Gasteiger partial charge in [-0.25, -0.2) is 4.98 Å². The molecule has 0 bridgehead atoms. The molecule has 2 aromatic rings. The van der Waals surface area contributed by atoms with E-state index in [9.17, 15) is 0 Å². The van der Waals surface area contributed by atoms with Crippen molar-refractivity contribution in [3.63, 3.8) is 0 Å². The Labute approximate surface area is 104 Å². The van der Waals surface area contributed by atoms with Gasteiger partial charge >= 0.3 is 0 Å². The zero-order chi connectivity index (χ0) is 11.5. The normalized spacial score (nSPS) is 10.9. The third-order valence-electron chi connectivity index (χ3n) is 2.40. The van der Waals surface area contributed by atoms with E-state index in [1.54, 1.807) is 11.3 Å². The highest BCUT2D eigenvalue weighted by Gasteiger charge is 2.07. The summed E-state index contributed by atoms with van der Waals surface area (Å²) < 4.78 is 1.16. The molecule has 0 saturated carbocycles. The van der Waals surface area contributed by atoms with Crippen molar-refractivity contribution in [2.24, 2.45) is 5.73 Å². The average molecular weight is 256 g/mol. The quantitative estimate of drug-likeness (QED) is 0.826. The van der Waals surface area contributed by atoms with Crippen LogP contribution in [-0.2, 0) is 0 Å². The van der Waals surface area contributed by atoms with Crippen LogP contribution in [0.2, 0.25) is 5.02 Å². The standard InChI is InChI=1S/C11H14ClN3S/c1-7-8(12)3-4-9-10(7)15-11(16-9)14-6-2-5-13/h3-4H,2,5-6,13H2,1H3,(H,14,15). The van der Waals surface area contributed by atoms with Gasteiger partial charge in [-0.3, -0.25) is 0 Å². The van der Waals surface area contributed by atoms with Crippen LogP contribution < -0.4 is 11.1 Å². The number of aryl methyl sites for hydroxylation is 1. The Morgan fingerprint density at radius 3 is 3.06 bits per heavy atom. The highest BCUT2D eigenvalue weighted by atomic mass is 35.5. The first-order valence-electron chi connectivity index (χ1n) is 5.22. The van der Waals surface area contributed by atoms with Crippen LogP contribution >= 0.6 is 22.9 Å². The first-order valence-corrected chi connectivity index (χ1v) is 6.41. The van der Waals surface area contributed by atoms with Crippen molar-refractivity contribution in [1.82, 2.24) is 4.98 Å². The summed E-state index contributed by atoms with van der Waals surface area (Å²) in [4.78, 5) is 4.53. The van der Waals surface area contributed by atoms with Crippen molar-refractivity contribution in [2.75, 3.05) is 18.4 Å². The number of hydrogen-bond donors (Lipinski definition) is 2. The largest absolute Gasteiger partial charge is 0.361 e. The summed E-state index contributed by atoms with van der Waals surface area (Å²) in [6.07, 6.45) is 0.954. The van der Waals surface area contributed by atoms with Gasteiger partial charge in [-0.15, -0.1) is 0 Å². The molecule has 0 aliphatic carbocycles. The van der Waals surface area contributed by atoms with Gasteiger partial charge in [0.1, 0.15) is 0 Å². The van der Waals surface area contributed by atoms with Gasteiger partial charge in [-0.2, -0.15) is 0 Å². The zero-order valence-corrected chi connectivity index (χ0v) is 10.7. The van der Waals surface area contributed by atoms with E-state index in [4.69, 9.17) is 17.3 Å². The summed E-state index contributed by atoms with van der Waals surface area (Å²) in [6.45, 7) is 3.56. The molecule has 0 saturated heterocycles. The van der Waals surface area contributed by atoms with Gasteiger partial charge < -0.3 is 11.1 Å². The van der Waals surface area contributed by atoms with Crippen LogP contribution in [0.5, 0.6) is 0 Å². The van der Waals surface area contributed by atoms with Crippen LogP contribution in [0.4, 0.5) is 5.13 Å². The van der Waals surface area contributed by atoms with E-state index in [2.05, 4.69) is 10.3 Å². The van der Waals surface area contributed by atoms with Gasteiger partial charge in [0.15, 0.2) is 5.13 Å². The maximum absolute atomic E-state index is 6.05. The second-order valence-corrected chi connectivity index (χ2v) is 5.05. The monoisotopic (exact) mass is 255 g/mol. The number of fused-ring (bicyclic) bond motifs is 1. The van der Waals surface area contributed by atoms with Crippen LogP contribution in [0, 0.1) is 6.92 Å². The predicted molar refractivity (Wildman–Crippen MR) is 71.5 cm³/mol. The Kier molecular flexibility index (Phi) is 3.63. The summed E-state index contributed by atoms with van der Waals surface area (Å²) in [5, 5.41) is 4.97. The fourth-order valence-corrected chi connectivity index (χ4v) is 2.58. The summed E-state index contributed by atoms with van der Waals surface area (Å²) >= 11 is 7.70. The molecular weight excluding hydrogens is 242 g/mol. The van der Waals surface area contributed by atoms with Crippen molar-refractivity contribution >= 4 is 38.3 Å². The van der Waals surface area contributed by atoms with Crippen molar-refractivity contribution in [2.45, 2.75) is 13.3 Å². The number of nitrogens with two attached hydrogens (primary N) is 1. The molecule has 3 N–H and O–H groups in total. The topological polar surface area (TPSA) is 50.9 Å². The minimum absolute atomic E-state index is 0.697. The second kappa shape index (κ2) is 4.99. The molecular formula is C11H14ClN3S. The van der Waals surface area contributed by atoms with Crippen molar-refractivity contribution < 1.29 is 0 Å². The summed E-state index contributed by atoms with van der Waals surface area (Å²) in [5.41, 5.74) is 7.47. The van der Waals surface area contributed by atoms with Crippen LogP contribution in [0.25, 0.3) is 10.2 Å². The summed E-state index contributed by atoms with van der Waals surface area (Å²) in [7, 11) is 0. The SMILES string of the molecule is Cc1c(Cl)ccc2sc(NCCCN)nc12. The lowest BCUT2D eigenvalue weighted by molar-refractivity contribution is 0.873. The van der Waals surface area contributed by atoms with Crippen molar-refractivity contribution in [3.05, 3.63) is 22.7 Å². The number of nitrogens with one attached hydrogen (secondary N) is 1. The van der Waals surface area contributed by atoms with Crippen LogP contribution in [0.3, 0.4) is 0 Å². The molecule has 0 amide bonds. The third-order valence-corrected chi connectivity index (χ3v) is 3.79. The molecule has 0 unspecified atom stereocenters. The number of benzene rings is 1. The first-order chi connectivity index (χ1) is 7.72. The Morgan fingerprint density at radius 2 is 2.31 bits per heavy atom. The molecule has 3 nitrogen and oxygen atoms in total. The van der Waals surface area contributed by atoms with E-state index in [-0.39, 0.29) is 0 Å². The number of rotatable bonds is 4. The highest BCUT2D eigenvalue weighted by Crippen LogP contribution is 2.31. The van der Waals surface area contributed by atoms with Crippen molar-refractivity contribution in [1.29, 1.82) is 0 Å². The molecule has 1 aromatic heterocycles. The molecule has 1 aromatic carbocycles. The number of anilines is 1. The van der Waals surface area contributed by atoms with E-state index in [0.29, 0.717) is 6.54 Å². The number of nitrogens with zero attached hydrogens (tertiary/aromatic N) is 1. The minimum atomic E-state index is 0.697. The molecule has 0 aliphatic rings. The predicted octanol–water partition coefficient (Wildman–Crippen LogP) is 3.02. The molecule has 2 rings (SSSR count). The Morgan fingerprint density at radius 1 is 1.50 bits per heavy atom. The lowest BCUT2D eigenvalue weighted by Crippen LogP contribution is -2.07. The number of aromatic nitrogens is 1. The van der Waals surface area contributed by atoms with Crippen LogP contribution in [0.15, 0.2) is 12.1 Å². The van der Waals surface area contributed by atoms with E-state index in [1.165, 1.54) is 0 Å². The van der Waals surface area contributed by atoms with Gasteiger partial charge in [0.05, 0.1) is 10.2 Å². The maximum atomic E-state index is 6.05. The van der Waals surface area contributed by atoms with Gasteiger partial charge in [0.25, 0.3) is 0 Å². The van der Waals surface area contributed by atoms with E-state index in [0.717, 1.165) is 38.9 Å². The fraction of sp³-hybridized carbons (Fsp3) is 0.364. The molecule has 1 heterocycles. The maximum Gasteiger partial charge on any atom is 0.183 e. The summed E-state index contributed by atoms with van der Waals surface area (Å²) in [6, 6.07) is 3.93. The zero-order valence-electron chi connectivity index (χ0n) is 9.09.